The summed E-state index contributed by atoms with van der Waals surface area (Å²) in [5.74, 6) is -0.894. The van der Waals surface area contributed by atoms with E-state index in [2.05, 4.69) is 5.32 Å². The molecule has 6 nitrogen and oxygen atoms in total. The van der Waals surface area contributed by atoms with Crippen molar-refractivity contribution in [3.05, 3.63) is 0 Å². The van der Waals surface area contributed by atoms with E-state index in [0.717, 1.165) is 25.7 Å². The monoisotopic (exact) mass is 286 g/mol. The van der Waals surface area contributed by atoms with Crippen LogP contribution in [0.2, 0.25) is 0 Å². The molecule has 0 heterocycles. The molecule has 0 saturated heterocycles. The zero-order valence-corrected chi connectivity index (χ0v) is 12.2. The number of carboxylic acids is 1. The van der Waals surface area contributed by atoms with E-state index >= 15 is 0 Å². The molecule has 116 valence electrons. The molecule has 1 aliphatic rings. The molecular formula is C14H26N2O4. The number of aliphatic hydroxyl groups excluding tert-OH is 1. The fourth-order valence-electron chi connectivity index (χ4n) is 2.43. The van der Waals surface area contributed by atoms with Crippen molar-refractivity contribution < 1.29 is 19.8 Å². The number of nitrogens with one attached hydrogen (secondary N) is 1. The molecule has 1 rings (SSSR count). The lowest BCUT2D eigenvalue weighted by molar-refractivity contribution is -0.137. The Kier molecular flexibility index (Phi) is 7.36. The predicted molar refractivity (Wildman–Crippen MR) is 75.5 cm³/mol. The second-order valence-electron chi connectivity index (χ2n) is 5.39. The minimum absolute atomic E-state index is 0.0436. The van der Waals surface area contributed by atoms with Crippen molar-refractivity contribution in [3.8, 4) is 0 Å². The molecule has 0 bridgehead atoms. The summed E-state index contributed by atoms with van der Waals surface area (Å²) < 4.78 is 0. The van der Waals surface area contributed by atoms with Gasteiger partial charge in [-0.1, -0.05) is 13.3 Å². The molecule has 1 fully saturated rings. The number of nitrogens with zero attached hydrogens (tertiary/aromatic N) is 1. The van der Waals surface area contributed by atoms with Gasteiger partial charge in [0, 0.05) is 25.2 Å². The van der Waals surface area contributed by atoms with Crippen molar-refractivity contribution in [2.24, 2.45) is 0 Å². The van der Waals surface area contributed by atoms with Gasteiger partial charge in [0.05, 0.1) is 6.42 Å². The minimum atomic E-state index is -0.894. The number of aliphatic hydroxyl groups is 1. The fraction of sp³-hybridized carbons (Fsp3) is 0.857. The van der Waals surface area contributed by atoms with Crippen molar-refractivity contribution in [2.45, 2.75) is 64.0 Å². The standard InChI is InChI=1S/C14H26N2O4/c1-2-5-11(10-13(18)19)15-14(20)16(8-4-9-17)12-6-3-7-12/h11-12,17H,2-10H2,1H3,(H,15,20)(H,18,19). The van der Waals surface area contributed by atoms with E-state index in [1.807, 2.05) is 6.92 Å². The van der Waals surface area contributed by atoms with Gasteiger partial charge in [-0.25, -0.2) is 4.79 Å². The van der Waals surface area contributed by atoms with Crippen LogP contribution in [0.1, 0.15) is 51.9 Å². The Morgan fingerprint density at radius 3 is 2.55 bits per heavy atom. The fourth-order valence-corrected chi connectivity index (χ4v) is 2.43. The lowest BCUT2D eigenvalue weighted by atomic mass is 9.91. The van der Waals surface area contributed by atoms with Crippen molar-refractivity contribution in [1.29, 1.82) is 0 Å². The van der Waals surface area contributed by atoms with Crippen LogP contribution in [0.5, 0.6) is 0 Å². The third-order valence-corrected chi connectivity index (χ3v) is 3.72. The van der Waals surface area contributed by atoms with Gasteiger partial charge >= 0.3 is 12.0 Å². The van der Waals surface area contributed by atoms with Gasteiger partial charge in [-0.15, -0.1) is 0 Å². The number of hydrogen-bond donors (Lipinski definition) is 3. The van der Waals surface area contributed by atoms with Crippen LogP contribution < -0.4 is 5.32 Å². The first-order valence-electron chi connectivity index (χ1n) is 7.48. The van der Waals surface area contributed by atoms with E-state index in [4.69, 9.17) is 10.2 Å². The van der Waals surface area contributed by atoms with E-state index < -0.39 is 5.97 Å². The van der Waals surface area contributed by atoms with Crippen molar-refractivity contribution in [3.63, 3.8) is 0 Å². The zero-order valence-electron chi connectivity index (χ0n) is 12.2. The summed E-state index contributed by atoms with van der Waals surface area (Å²) in [5, 5.41) is 20.6. The summed E-state index contributed by atoms with van der Waals surface area (Å²) in [7, 11) is 0. The first-order valence-corrected chi connectivity index (χ1v) is 7.48. The summed E-state index contributed by atoms with van der Waals surface area (Å²) in [4.78, 5) is 24.9. The summed E-state index contributed by atoms with van der Waals surface area (Å²) >= 11 is 0. The molecule has 0 aromatic rings. The highest BCUT2D eigenvalue weighted by molar-refractivity contribution is 5.76. The first kappa shape index (κ1) is 16.8. The second kappa shape index (κ2) is 8.79. The quantitative estimate of drug-likeness (QED) is 0.600. The Morgan fingerprint density at radius 1 is 1.40 bits per heavy atom. The smallest absolute Gasteiger partial charge is 0.317 e. The number of hydrogen-bond acceptors (Lipinski definition) is 3. The SMILES string of the molecule is CCCC(CC(=O)O)NC(=O)N(CCCO)C1CCC1. The predicted octanol–water partition coefficient (Wildman–Crippen LogP) is 1.58. The maximum Gasteiger partial charge on any atom is 0.317 e. The molecule has 6 heteroatoms. The average molecular weight is 286 g/mol. The molecule has 1 saturated carbocycles. The molecule has 1 atom stereocenters. The Labute approximate surface area is 120 Å². The van der Waals surface area contributed by atoms with Gasteiger partial charge in [-0.3, -0.25) is 4.79 Å². The first-order chi connectivity index (χ1) is 9.58. The molecular weight excluding hydrogens is 260 g/mol. The van der Waals surface area contributed by atoms with Crippen LogP contribution in [-0.4, -0.2) is 52.3 Å². The number of aliphatic carboxylic acids is 1. The van der Waals surface area contributed by atoms with Gasteiger partial charge in [0.1, 0.15) is 0 Å². The molecule has 0 aliphatic heterocycles. The van der Waals surface area contributed by atoms with E-state index in [0.29, 0.717) is 19.4 Å². The zero-order chi connectivity index (χ0) is 15.0. The van der Waals surface area contributed by atoms with E-state index in [1.54, 1.807) is 4.90 Å². The molecule has 3 N–H and O–H groups in total. The van der Waals surface area contributed by atoms with Gasteiger partial charge in [0.25, 0.3) is 0 Å². The third-order valence-electron chi connectivity index (χ3n) is 3.72. The van der Waals surface area contributed by atoms with Crippen molar-refractivity contribution in [1.82, 2.24) is 10.2 Å². The van der Waals surface area contributed by atoms with Crippen LogP contribution in [0.3, 0.4) is 0 Å². The number of amides is 2. The average Bonchev–Trinajstić information content (AvgIpc) is 2.31. The molecule has 2 amide bonds. The number of carbonyl (C=O) groups is 2. The summed E-state index contributed by atoms with van der Waals surface area (Å²) in [5.41, 5.74) is 0. The lowest BCUT2D eigenvalue weighted by Gasteiger charge is -2.38. The lowest BCUT2D eigenvalue weighted by Crippen LogP contribution is -2.52. The number of urea groups is 1. The highest BCUT2D eigenvalue weighted by Gasteiger charge is 2.29. The molecule has 0 spiro atoms. The van der Waals surface area contributed by atoms with Gasteiger partial charge in [-0.2, -0.15) is 0 Å². The van der Waals surface area contributed by atoms with Crippen LogP contribution in [-0.2, 0) is 4.79 Å². The highest BCUT2D eigenvalue weighted by Crippen LogP contribution is 2.25. The van der Waals surface area contributed by atoms with Gasteiger partial charge in [-0.05, 0) is 32.1 Å². The Morgan fingerprint density at radius 2 is 2.10 bits per heavy atom. The van der Waals surface area contributed by atoms with Crippen LogP contribution in [0.4, 0.5) is 4.79 Å². The number of rotatable bonds is 9. The number of carboxylic acid groups (broad SMARTS) is 1. The normalized spacial score (nSPS) is 16.3. The van der Waals surface area contributed by atoms with Gasteiger partial charge in [0.2, 0.25) is 0 Å². The van der Waals surface area contributed by atoms with E-state index in [9.17, 15) is 9.59 Å². The van der Waals surface area contributed by atoms with Crippen LogP contribution in [0, 0.1) is 0 Å². The summed E-state index contributed by atoms with van der Waals surface area (Å²) in [6.07, 6.45) is 5.13. The molecule has 1 unspecified atom stereocenters. The van der Waals surface area contributed by atoms with Crippen molar-refractivity contribution in [2.75, 3.05) is 13.2 Å². The molecule has 0 aromatic carbocycles. The van der Waals surface area contributed by atoms with Crippen LogP contribution in [0.15, 0.2) is 0 Å². The van der Waals surface area contributed by atoms with Crippen molar-refractivity contribution >= 4 is 12.0 Å². The Bertz CT molecular complexity index is 318. The largest absolute Gasteiger partial charge is 0.481 e. The molecule has 0 aromatic heterocycles. The van der Waals surface area contributed by atoms with Gasteiger partial charge < -0.3 is 20.4 Å². The Balaban J connectivity index is 2.54. The van der Waals surface area contributed by atoms with Gasteiger partial charge in [0.15, 0.2) is 0 Å². The molecule has 0 radical (unpaired) electrons. The number of carbonyl (C=O) groups excluding carboxylic acids is 1. The minimum Gasteiger partial charge on any atom is -0.481 e. The van der Waals surface area contributed by atoms with E-state index in [-0.39, 0.29) is 31.1 Å². The highest BCUT2D eigenvalue weighted by atomic mass is 16.4. The van der Waals surface area contributed by atoms with Crippen LogP contribution >= 0.6 is 0 Å². The maximum atomic E-state index is 12.3. The summed E-state index contributed by atoms with van der Waals surface area (Å²) in [6.45, 7) is 2.55. The summed E-state index contributed by atoms with van der Waals surface area (Å²) in [6, 6.07) is -0.266. The molecule has 1 aliphatic carbocycles. The third kappa shape index (κ3) is 5.36. The van der Waals surface area contributed by atoms with E-state index in [1.165, 1.54) is 0 Å². The van der Waals surface area contributed by atoms with Crippen LogP contribution in [0.25, 0.3) is 0 Å². The maximum absolute atomic E-state index is 12.3. The Hall–Kier alpha value is -1.30. The molecule has 20 heavy (non-hydrogen) atoms. The topological polar surface area (TPSA) is 89.9 Å². The second-order valence-corrected chi connectivity index (χ2v) is 5.39.